The number of likely N-dealkylation sites (N-methyl/N-ethyl adjacent to an activating group) is 1. The van der Waals surface area contributed by atoms with Gasteiger partial charge in [-0.05, 0) is 31.8 Å². The van der Waals surface area contributed by atoms with Crippen LogP contribution in [0.4, 0.5) is 0 Å². The number of nitrogens with one attached hydrogen (secondary N) is 1. The van der Waals surface area contributed by atoms with Gasteiger partial charge in [-0.1, -0.05) is 6.07 Å². The van der Waals surface area contributed by atoms with Crippen LogP contribution in [-0.4, -0.2) is 34.8 Å². The molecule has 0 aliphatic carbocycles. The summed E-state index contributed by atoms with van der Waals surface area (Å²) in [5.74, 6) is -1.65. The average molecular weight is 276 g/mol. The molecule has 2 unspecified atom stereocenters. The number of aliphatic carboxylic acids is 1. The Morgan fingerprint density at radius 2 is 2.29 bits per heavy atom. The Bertz CT molecular complexity index is 405. The average Bonchev–Trinajstić information content (AvgIpc) is 2.77. The molecule has 0 amide bonds. The Labute approximate surface area is 109 Å². The summed E-state index contributed by atoms with van der Waals surface area (Å²) in [6.07, 6.45) is 0.0388. The van der Waals surface area contributed by atoms with E-state index < -0.39 is 22.7 Å². The largest absolute Gasteiger partial charge is 0.480 e. The summed E-state index contributed by atoms with van der Waals surface area (Å²) in [4.78, 5) is 24.0. The van der Waals surface area contributed by atoms with Gasteiger partial charge in [-0.25, -0.2) is 4.79 Å². The molecule has 4 nitrogen and oxygen atoms in total. The maximum Gasteiger partial charge on any atom is 0.332 e. The Hall–Kier alpha value is -0.910. The van der Waals surface area contributed by atoms with Crippen molar-refractivity contribution in [3.63, 3.8) is 0 Å². The van der Waals surface area contributed by atoms with E-state index in [1.54, 1.807) is 24.4 Å². The van der Waals surface area contributed by atoms with Crippen molar-refractivity contribution in [2.24, 2.45) is 0 Å². The molecule has 1 aromatic rings. The first-order valence-corrected chi connectivity index (χ1v) is 6.40. The molecule has 17 heavy (non-hydrogen) atoms. The number of carbonyl (C=O) groups is 2. The highest BCUT2D eigenvalue weighted by Gasteiger charge is 2.46. The minimum atomic E-state index is -1.65. The molecule has 0 fully saturated rings. The van der Waals surface area contributed by atoms with Gasteiger partial charge in [0.15, 0.2) is 5.54 Å². The van der Waals surface area contributed by atoms with E-state index in [0.717, 1.165) is 0 Å². The van der Waals surface area contributed by atoms with Gasteiger partial charge in [-0.15, -0.1) is 22.9 Å². The van der Waals surface area contributed by atoms with Crippen LogP contribution in [0.3, 0.4) is 0 Å². The van der Waals surface area contributed by atoms with Gasteiger partial charge in [-0.3, -0.25) is 10.1 Å². The lowest BCUT2D eigenvalue weighted by molar-refractivity contribution is -0.142. The Kier molecular flexibility index (Phi) is 4.68. The summed E-state index contributed by atoms with van der Waals surface area (Å²) in [5.41, 5.74) is -1.65. The van der Waals surface area contributed by atoms with Crippen LogP contribution < -0.4 is 5.32 Å². The molecule has 94 valence electrons. The molecule has 1 rings (SSSR count). The summed E-state index contributed by atoms with van der Waals surface area (Å²) in [6.45, 7) is 1.66. The van der Waals surface area contributed by atoms with Crippen LogP contribution in [-0.2, 0) is 4.79 Å². The predicted molar refractivity (Wildman–Crippen MR) is 68.0 cm³/mol. The predicted octanol–water partition coefficient (Wildman–Crippen LogP) is 1.99. The van der Waals surface area contributed by atoms with E-state index in [2.05, 4.69) is 5.32 Å². The lowest BCUT2D eigenvalue weighted by Gasteiger charge is -2.28. The maximum absolute atomic E-state index is 12.2. The van der Waals surface area contributed by atoms with Crippen molar-refractivity contribution in [1.82, 2.24) is 5.32 Å². The molecule has 0 aromatic carbocycles. The first kappa shape index (κ1) is 14.2. The molecular weight excluding hydrogens is 262 g/mol. The standard InChI is InChI=1S/C11H14ClNO3S/c1-7(12)6-11(13-2,10(15)16)9(14)8-4-3-5-17-8/h3-5,7,13H,6H2,1-2H3,(H,15,16). The number of alkyl halides is 1. The summed E-state index contributed by atoms with van der Waals surface area (Å²) in [6, 6.07) is 3.32. The summed E-state index contributed by atoms with van der Waals surface area (Å²) in [5, 5.41) is 13.2. The van der Waals surface area contributed by atoms with E-state index in [4.69, 9.17) is 11.6 Å². The van der Waals surface area contributed by atoms with E-state index in [9.17, 15) is 14.7 Å². The number of Topliss-reactive ketones (excluding diaryl/α,β-unsaturated/α-hetero) is 1. The number of rotatable bonds is 6. The zero-order valence-corrected chi connectivity index (χ0v) is 11.1. The van der Waals surface area contributed by atoms with E-state index in [1.165, 1.54) is 18.4 Å². The molecule has 0 aliphatic rings. The van der Waals surface area contributed by atoms with Crippen LogP contribution in [0.25, 0.3) is 0 Å². The Balaban J connectivity index is 3.13. The normalized spacial score (nSPS) is 16.2. The molecule has 0 saturated carbocycles. The fourth-order valence-electron chi connectivity index (χ4n) is 1.64. The third-order valence-corrected chi connectivity index (χ3v) is 3.53. The van der Waals surface area contributed by atoms with Crippen molar-refractivity contribution in [2.75, 3.05) is 7.05 Å². The van der Waals surface area contributed by atoms with Crippen molar-refractivity contribution in [3.05, 3.63) is 22.4 Å². The second-order valence-corrected chi connectivity index (χ2v) is 5.44. The topological polar surface area (TPSA) is 66.4 Å². The highest BCUT2D eigenvalue weighted by Crippen LogP contribution is 2.24. The van der Waals surface area contributed by atoms with Crippen molar-refractivity contribution in [3.8, 4) is 0 Å². The molecule has 1 heterocycles. The highest BCUT2D eigenvalue weighted by atomic mass is 35.5. The second-order valence-electron chi connectivity index (χ2n) is 3.75. The Morgan fingerprint density at radius 3 is 2.65 bits per heavy atom. The molecule has 0 spiro atoms. The molecule has 0 bridgehead atoms. The SMILES string of the molecule is CNC(CC(C)Cl)(C(=O)O)C(=O)c1cccs1. The number of hydrogen-bond acceptors (Lipinski definition) is 4. The number of carboxylic acid groups (broad SMARTS) is 1. The lowest BCUT2D eigenvalue weighted by atomic mass is 9.88. The Morgan fingerprint density at radius 1 is 1.65 bits per heavy atom. The van der Waals surface area contributed by atoms with Crippen molar-refractivity contribution >= 4 is 34.7 Å². The fraction of sp³-hybridized carbons (Fsp3) is 0.455. The zero-order chi connectivity index (χ0) is 13.1. The lowest BCUT2D eigenvalue weighted by Crippen LogP contribution is -2.57. The summed E-state index contributed by atoms with van der Waals surface area (Å²) < 4.78 is 0. The number of halogens is 1. The third kappa shape index (κ3) is 2.86. The van der Waals surface area contributed by atoms with Crippen LogP contribution in [0.15, 0.2) is 17.5 Å². The quantitative estimate of drug-likeness (QED) is 0.473. The van der Waals surface area contributed by atoms with Gasteiger partial charge >= 0.3 is 5.97 Å². The van der Waals surface area contributed by atoms with Gasteiger partial charge in [-0.2, -0.15) is 0 Å². The fourth-order valence-corrected chi connectivity index (χ4v) is 2.61. The van der Waals surface area contributed by atoms with Gasteiger partial charge in [0, 0.05) is 5.38 Å². The molecule has 0 radical (unpaired) electrons. The van der Waals surface area contributed by atoms with E-state index in [0.29, 0.717) is 4.88 Å². The number of ketones is 1. The van der Waals surface area contributed by atoms with Gasteiger partial charge in [0.1, 0.15) is 0 Å². The highest BCUT2D eigenvalue weighted by molar-refractivity contribution is 7.12. The van der Waals surface area contributed by atoms with Crippen molar-refractivity contribution < 1.29 is 14.7 Å². The van der Waals surface area contributed by atoms with Gasteiger partial charge in [0.05, 0.1) is 4.88 Å². The molecular formula is C11H14ClNO3S. The van der Waals surface area contributed by atoms with Gasteiger partial charge in [0.2, 0.25) is 5.78 Å². The first-order chi connectivity index (χ1) is 7.94. The molecule has 1 aromatic heterocycles. The van der Waals surface area contributed by atoms with Crippen LogP contribution in [0.2, 0.25) is 0 Å². The number of carbonyl (C=O) groups excluding carboxylic acids is 1. The van der Waals surface area contributed by atoms with Crippen LogP contribution in [0, 0.1) is 0 Å². The van der Waals surface area contributed by atoms with E-state index in [-0.39, 0.29) is 6.42 Å². The summed E-state index contributed by atoms with van der Waals surface area (Å²) >= 11 is 7.06. The number of hydrogen-bond donors (Lipinski definition) is 2. The van der Waals surface area contributed by atoms with Crippen LogP contribution in [0.5, 0.6) is 0 Å². The summed E-state index contributed by atoms with van der Waals surface area (Å²) in [7, 11) is 1.46. The number of thiophene rings is 1. The van der Waals surface area contributed by atoms with Gasteiger partial charge < -0.3 is 5.11 Å². The first-order valence-electron chi connectivity index (χ1n) is 5.08. The second kappa shape index (κ2) is 5.62. The molecule has 2 N–H and O–H groups in total. The zero-order valence-electron chi connectivity index (χ0n) is 9.57. The number of carboxylic acids is 1. The van der Waals surface area contributed by atoms with Crippen LogP contribution >= 0.6 is 22.9 Å². The maximum atomic E-state index is 12.2. The molecule has 2 atom stereocenters. The minimum absolute atomic E-state index is 0.0388. The van der Waals surface area contributed by atoms with Gasteiger partial charge in [0.25, 0.3) is 0 Å². The van der Waals surface area contributed by atoms with Crippen molar-refractivity contribution in [1.29, 1.82) is 0 Å². The van der Waals surface area contributed by atoms with Crippen molar-refractivity contribution in [2.45, 2.75) is 24.3 Å². The molecule has 0 aliphatic heterocycles. The van der Waals surface area contributed by atoms with E-state index >= 15 is 0 Å². The monoisotopic (exact) mass is 275 g/mol. The molecule has 0 saturated heterocycles. The third-order valence-electron chi connectivity index (χ3n) is 2.51. The molecule has 6 heteroatoms. The minimum Gasteiger partial charge on any atom is -0.480 e. The smallest absolute Gasteiger partial charge is 0.332 e. The van der Waals surface area contributed by atoms with E-state index in [1.807, 2.05) is 0 Å². The van der Waals surface area contributed by atoms with Crippen LogP contribution in [0.1, 0.15) is 23.0 Å².